The van der Waals surface area contributed by atoms with Gasteiger partial charge in [-0.1, -0.05) is 0 Å². The summed E-state index contributed by atoms with van der Waals surface area (Å²) in [6, 6.07) is 0. The topological polar surface area (TPSA) is 21.3 Å². The number of hydrogen-bond acceptors (Lipinski definition) is 2. The van der Waals surface area contributed by atoms with Gasteiger partial charge >= 0.3 is 0 Å². The highest BCUT2D eigenvalue weighted by Gasteiger charge is 2.20. The van der Waals surface area contributed by atoms with Crippen LogP contribution in [0.4, 0.5) is 0 Å². The molecule has 0 aliphatic carbocycles. The summed E-state index contributed by atoms with van der Waals surface area (Å²) in [6.45, 7) is 8.52. The van der Waals surface area contributed by atoms with Crippen molar-refractivity contribution in [1.29, 1.82) is 0 Å². The van der Waals surface area contributed by atoms with Gasteiger partial charge in [-0.15, -0.1) is 0 Å². The highest BCUT2D eigenvalue weighted by Crippen LogP contribution is 2.15. The van der Waals surface area contributed by atoms with Crippen molar-refractivity contribution in [1.82, 2.24) is 5.32 Å². The van der Waals surface area contributed by atoms with Crippen LogP contribution in [0.15, 0.2) is 0 Å². The maximum absolute atomic E-state index is 5.82. The minimum Gasteiger partial charge on any atom is -0.371 e. The molecule has 0 saturated carbocycles. The van der Waals surface area contributed by atoms with E-state index in [4.69, 9.17) is 4.74 Å². The summed E-state index contributed by atoms with van der Waals surface area (Å²) >= 11 is 0. The molecule has 1 N–H and O–H groups in total. The van der Waals surface area contributed by atoms with Crippen LogP contribution in [0, 0.1) is 0 Å². The van der Waals surface area contributed by atoms with Crippen LogP contribution in [-0.4, -0.2) is 24.8 Å². The minimum absolute atomic E-state index is 0.0175. The first kappa shape index (κ1) is 9.01. The fraction of sp³-hybridized carbons (Fsp3) is 1.00. The molecule has 1 aliphatic heterocycles. The molecule has 1 rings (SSSR count). The summed E-state index contributed by atoms with van der Waals surface area (Å²) in [5.41, 5.74) is 0.0175. The van der Waals surface area contributed by atoms with Crippen LogP contribution < -0.4 is 5.32 Å². The second-order valence-corrected chi connectivity index (χ2v) is 4.20. The fourth-order valence-electron chi connectivity index (χ4n) is 1.42. The Hall–Kier alpha value is -0.0800. The Kier molecular flexibility index (Phi) is 2.90. The van der Waals surface area contributed by atoms with E-state index < -0.39 is 0 Å². The van der Waals surface area contributed by atoms with Gasteiger partial charge < -0.3 is 10.1 Å². The van der Waals surface area contributed by atoms with E-state index >= 15 is 0 Å². The average Bonchev–Trinajstić information content (AvgIpc) is 1.85. The maximum atomic E-state index is 5.82. The number of nitrogens with one attached hydrogen (secondary N) is 1. The zero-order chi connectivity index (χ0) is 8.32. The molecule has 0 aromatic heterocycles. The standard InChI is InChI=1S/C9H19NO/c1-9(2,3)11-8-5-4-6-10-7-8/h8,10H,4-7H2,1-3H3/t8-/m1/s1. The van der Waals surface area contributed by atoms with Crippen LogP contribution in [0.25, 0.3) is 0 Å². The molecule has 0 aromatic rings. The molecule has 0 bridgehead atoms. The Bertz CT molecular complexity index is 111. The Morgan fingerprint density at radius 3 is 2.55 bits per heavy atom. The Balaban J connectivity index is 2.24. The van der Waals surface area contributed by atoms with Crippen molar-refractivity contribution in [3.63, 3.8) is 0 Å². The number of ether oxygens (including phenoxy) is 1. The first-order valence-corrected chi connectivity index (χ1v) is 4.46. The molecule has 66 valence electrons. The Morgan fingerprint density at radius 2 is 2.09 bits per heavy atom. The molecule has 1 fully saturated rings. The van der Waals surface area contributed by atoms with Crippen molar-refractivity contribution in [2.24, 2.45) is 0 Å². The lowest BCUT2D eigenvalue weighted by Gasteiger charge is -2.30. The molecular formula is C9H19NO. The third kappa shape index (κ3) is 3.73. The Morgan fingerprint density at radius 1 is 1.36 bits per heavy atom. The van der Waals surface area contributed by atoms with E-state index in [0.29, 0.717) is 6.10 Å². The summed E-state index contributed by atoms with van der Waals surface area (Å²) in [5, 5.41) is 3.33. The largest absolute Gasteiger partial charge is 0.371 e. The first-order chi connectivity index (χ1) is 5.08. The van der Waals surface area contributed by atoms with Gasteiger partial charge in [-0.05, 0) is 40.2 Å². The smallest absolute Gasteiger partial charge is 0.0707 e. The van der Waals surface area contributed by atoms with Gasteiger partial charge in [0, 0.05) is 6.54 Å². The second kappa shape index (κ2) is 3.55. The van der Waals surface area contributed by atoms with Crippen molar-refractivity contribution in [2.45, 2.75) is 45.3 Å². The molecule has 1 heterocycles. The molecule has 1 saturated heterocycles. The van der Waals surface area contributed by atoms with Gasteiger partial charge in [-0.25, -0.2) is 0 Å². The molecule has 1 atom stereocenters. The van der Waals surface area contributed by atoms with Crippen molar-refractivity contribution in [3.8, 4) is 0 Å². The zero-order valence-corrected chi connectivity index (χ0v) is 7.81. The third-order valence-corrected chi connectivity index (χ3v) is 1.77. The predicted molar refractivity (Wildman–Crippen MR) is 46.7 cm³/mol. The lowest BCUT2D eigenvalue weighted by Crippen LogP contribution is -2.39. The molecular weight excluding hydrogens is 138 g/mol. The summed E-state index contributed by atoms with van der Waals surface area (Å²) in [5.74, 6) is 0. The van der Waals surface area contributed by atoms with Gasteiger partial charge in [-0.3, -0.25) is 0 Å². The van der Waals surface area contributed by atoms with E-state index in [1.807, 2.05) is 0 Å². The summed E-state index contributed by atoms with van der Waals surface area (Å²) in [4.78, 5) is 0. The monoisotopic (exact) mass is 157 g/mol. The highest BCUT2D eigenvalue weighted by molar-refractivity contribution is 4.72. The lowest BCUT2D eigenvalue weighted by molar-refractivity contribution is -0.0673. The van der Waals surface area contributed by atoms with Crippen LogP contribution in [0.3, 0.4) is 0 Å². The number of rotatable bonds is 1. The van der Waals surface area contributed by atoms with Gasteiger partial charge in [0.1, 0.15) is 0 Å². The molecule has 2 nitrogen and oxygen atoms in total. The molecule has 11 heavy (non-hydrogen) atoms. The van der Waals surface area contributed by atoms with Crippen molar-refractivity contribution in [2.75, 3.05) is 13.1 Å². The van der Waals surface area contributed by atoms with Crippen LogP contribution in [0.1, 0.15) is 33.6 Å². The SMILES string of the molecule is CC(C)(C)O[C@@H]1CCCNC1. The first-order valence-electron chi connectivity index (χ1n) is 4.46. The maximum Gasteiger partial charge on any atom is 0.0707 e. The third-order valence-electron chi connectivity index (χ3n) is 1.77. The van der Waals surface area contributed by atoms with E-state index in [9.17, 15) is 0 Å². The molecule has 2 heteroatoms. The molecule has 0 unspecified atom stereocenters. The number of piperidine rings is 1. The highest BCUT2D eigenvalue weighted by atomic mass is 16.5. The second-order valence-electron chi connectivity index (χ2n) is 4.20. The van der Waals surface area contributed by atoms with Crippen LogP contribution >= 0.6 is 0 Å². The Labute approximate surface area is 69.3 Å². The van der Waals surface area contributed by atoms with Crippen LogP contribution in [0.2, 0.25) is 0 Å². The fourth-order valence-corrected chi connectivity index (χ4v) is 1.42. The summed E-state index contributed by atoms with van der Waals surface area (Å²) in [6.07, 6.45) is 2.90. The van der Waals surface area contributed by atoms with Gasteiger partial charge in [0.25, 0.3) is 0 Å². The average molecular weight is 157 g/mol. The van der Waals surface area contributed by atoms with Crippen molar-refractivity contribution in [3.05, 3.63) is 0 Å². The van der Waals surface area contributed by atoms with E-state index in [1.54, 1.807) is 0 Å². The van der Waals surface area contributed by atoms with E-state index in [-0.39, 0.29) is 5.60 Å². The summed E-state index contributed by atoms with van der Waals surface area (Å²) in [7, 11) is 0. The van der Waals surface area contributed by atoms with E-state index in [1.165, 1.54) is 12.8 Å². The molecule has 0 aromatic carbocycles. The summed E-state index contributed by atoms with van der Waals surface area (Å²) < 4.78 is 5.82. The van der Waals surface area contributed by atoms with Gasteiger partial charge in [0.2, 0.25) is 0 Å². The minimum atomic E-state index is 0.0175. The molecule has 1 aliphatic rings. The van der Waals surface area contributed by atoms with Gasteiger partial charge in [0.05, 0.1) is 11.7 Å². The van der Waals surface area contributed by atoms with E-state index in [0.717, 1.165) is 13.1 Å². The van der Waals surface area contributed by atoms with Crippen molar-refractivity contribution >= 4 is 0 Å². The molecule has 0 amide bonds. The lowest BCUT2D eigenvalue weighted by atomic mass is 10.1. The van der Waals surface area contributed by atoms with Crippen molar-refractivity contribution < 1.29 is 4.74 Å². The van der Waals surface area contributed by atoms with E-state index in [2.05, 4.69) is 26.1 Å². The quantitative estimate of drug-likeness (QED) is 0.623. The van der Waals surface area contributed by atoms with Crippen LogP contribution in [-0.2, 0) is 4.74 Å². The van der Waals surface area contributed by atoms with Gasteiger partial charge in [0.15, 0.2) is 0 Å². The molecule has 0 radical (unpaired) electrons. The molecule has 0 spiro atoms. The normalized spacial score (nSPS) is 27.0. The number of hydrogen-bond donors (Lipinski definition) is 1. The predicted octanol–water partition coefficient (Wildman–Crippen LogP) is 1.55. The van der Waals surface area contributed by atoms with Gasteiger partial charge in [-0.2, -0.15) is 0 Å². The zero-order valence-electron chi connectivity index (χ0n) is 7.81. The van der Waals surface area contributed by atoms with Crippen LogP contribution in [0.5, 0.6) is 0 Å².